The molecule has 0 atom stereocenters. The van der Waals surface area contributed by atoms with Crippen LogP contribution >= 0.6 is 0 Å². The van der Waals surface area contributed by atoms with E-state index in [1.165, 1.54) is 12.5 Å². The number of carbonyl (C=O) groups excluding carboxylic acids is 1. The molecule has 0 aliphatic carbocycles. The number of nitrogens with one attached hydrogen (secondary N) is 1. The average Bonchev–Trinajstić information content (AvgIpc) is 3.06. The van der Waals surface area contributed by atoms with Crippen LogP contribution in [0.5, 0.6) is 5.88 Å². The number of aliphatic hydroxyl groups is 1. The van der Waals surface area contributed by atoms with Gasteiger partial charge in [0.15, 0.2) is 0 Å². The van der Waals surface area contributed by atoms with Crippen LogP contribution in [-0.4, -0.2) is 44.3 Å². The first-order valence-electron chi connectivity index (χ1n) is 7.88. The number of hydrogen-bond donors (Lipinski definition) is 2. The number of carbonyl (C=O) groups is 1. The highest BCUT2D eigenvalue weighted by Gasteiger charge is 2.16. The second-order valence-electron chi connectivity index (χ2n) is 5.31. The van der Waals surface area contributed by atoms with E-state index in [-0.39, 0.29) is 25.7 Å². The zero-order valence-electron chi connectivity index (χ0n) is 14.0. The largest absolute Gasteiger partial charge is 0.473 e. The van der Waals surface area contributed by atoms with Crippen LogP contribution in [0, 0.1) is 6.92 Å². The van der Waals surface area contributed by atoms with E-state index < -0.39 is 0 Å². The van der Waals surface area contributed by atoms with Gasteiger partial charge in [0.05, 0.1) is 23.4 Å². The first-order valence-corrected chi connectivity index (χ1v) is 7.88. The highest BCUT2D eigenvalue weighted by atomic mass is 16.5. The maximum Gasteiger partial charge on any atom is 0.252 e. The number of aliphatic hydroxyl groups excluding tert-OH is 1. The zero-order chi connectivity index (χ0) is 18.4. The van der Waals surface area contributed by atoms with Crippen molar-refractivity contribution in [3.05, 3.63) is 53.8 Å². The van der Waals surface area contributed by atoms with Gasteiger partial charge in [-0.05, 0) is 19.1 Å². The van der Waals surface area contributed by atoms with Gasteiger partial charge >= 0.3 is 0 Å². The summed E-state index contributed by atoms with van der Waals surface area (Å²) < 4.78 is 10.9. The van der Waals surface area contributed by atoms with Crippen molar-refractivity contribution in [1.82, 2.24) is 25.4 Å². The average molecular weight is 355 g/mol. The van der Waals surface area contributed by atoms with Crippen molar-refractivity contribution < 1.29 is 19.2 Å². The molecule has 0 spiro atoms. The lowest BCUT2D eigenvalue weighted by atomic mass is 10.1. The molecule has 0 bridgehead atoms. The Kier molecular flexibility index (Phi) is 5.49. The fraction of sp³-hybridized carbons (Fsp3) is 0.235. The van der Waals surface area contributed by atoms with Crippen LogP contribution in [0.4, 0.5) is 0 Å². The Morgan fingerprint density at radius 2 is 2.19 bits per heavy atom. The van der Waals surface area contributed by atoms with Gasteiger partial charge in [-0.25, -0.2) is 15.0 Å². The molecule has 1 amide bonds. The molecule has 3 aromatic heterocycles. The van der Waals surface area contributed by atoms with Crippen molar-refractivity contribution in [2.75, 3.05) is 13.2 Å². The molecule has 0 unspecified atom stereocenters. The van der Waals surface area contributed by atoms with Gasteiger partial charge in [-0.3, -0.25) is 4.79 Å². The number of aromatic nitrogens is 4. The fourth-order valence-electron chi connectivity index (χ4n) is 2.21. The van der Waals surface area contributed by atoms with Crippen molar-refractivity contribution in [2.45, 2.75) is 13.5 Å². The summed E-state index contributed by atoms with van der Waals surface area (Å²) in [5.41, 5.74) is 2.37. The van der Waals surface area contributed by atoms with E-state index in [2.05, 4.69) is 25.4 Å². The third kappa shape index (κ3) is 4.01. The molecule has 26 heavy (non-hydrogen) atoms. The van der Waals surface area contributed by atoms with Crippen LogP contribution in [0.15, 0.2) is 41.4 Å². The molecule has 0 fully saturated rings. The van der Waals surface area contributed by atoms with Gasteiger partial charge in [0, 0.05) is 25.0 Å². The van der Waals surface area contributed by atoms with E-state index in [0.29, 0.717) is 28.6 Å². The smallest absolute Gasteiger partial charge is 0.252 e. The molecular weight excluding hydrogens is 338 g/mol. The minimum absolute atomic E-state index is 0.118. The summed E-state index contributed by atoms with van der Waals surface area (Å²) in [6.07, 6.45) is 4.47. The number of hydrogen-bond acceptors (Lipinski definition) is 8. The standard InChI is InChI=1S/C17H17N5O4/c1-11-13(16(22-26-11)14-4-5-18-10-21-14)9-25-15-3-2-12(8-20-15)17(24)19-6-7-23/h2-5,8,10,23H,6-7,9H2,1H3,(H,19,24). The molecule has 0 aliphatic rings. The van der Waals surface area contributed by atoms with Crippen LogP contribution < -0.4 is 10.1 Å². The first-order chi connectivity index (χ1) is 12.7. The Hall–Kier alpha value is -3.33. The van der Waals surface area contributed by atoms with E-state index >= 15 is 0 Å². The van der Waals surface area contributed by atoms with Gasteiger partial charge in [0.25, 0.3) is 5.91 Å². The molecule has 3 rings (SSSR count). The molecule has 9 nitrogen and oxygen atoms in total. The molecule has 0 aliphatic heterocycles. The molecule has 9 heteroatoms. The summed E-state index contributed by atoms with van der Waals surface area (Å²) in [5.74, 6) is 0.676. The van der Waals surface area contributed by atoms with Crippen LogP contribution in [-0.2, 0) is 6.61 Å². The molecule has 3 heterocycles. The molecular formula is C17H17N5O4. The summed E-state index contributed by atoms with van der Waals surface area (Å²) in [7, 11) is 0. The highest BCUT2D eigenvalue weighted by molar-refractivity contribution is 5.93. The lowest BCUT2D eigenvalue weighted by Gasteiger charge is -2.07. The quantitative estimate of drug-likeness (QED) is 0.646. The van der Waals surface area contributed by atoms with Crippen molar-refractivity contribution in [3.63, 3.8) is 0 Å². The van der Waals surface area contributed by atoms with Crippen molar-refractivity contribution in [2.24, 2.45) is 0 Å². The number of ether oxygens (including phenoxy) is 1. The minimum atomic E-state index is -0.306. The number of aryl methyl sites for hydroxylation is 1. The van der Waals surface area contributed by atoms with Crippen LogP contribution in [0.25, 0.3) is 11.4 Å². The van der Waals surface area contributed by atoms with Gasteiger partial charge in [0.1, 0.15) is 24.4 Å². The lowest BCUT2D eigenvalue weighted by molar-refractivity contribution is 0.0944. The lowest BCUT2D eigenvalue weighted by Crippen LogP contribution is -2.26. The topological polar surface area (TPSA) is 123 Å². The van der Waals surface area contributed by atoms with Gasteiger partial charge in [-0.15, -0.1) is 0 Å². The summed E-state index contributed by atoms with van der Waals surface area (Å²) in [6.45, 7) is 2.05. The third-order valence-corrected chi connectivity index (χ3v) is 3.57. The van der Waals surface area contributed by atoms with E-state index in [9.17, 15) is 4.79 Å². The Morgan fingerprint density at radius 1 is 1.31 bits per heavy atom. The SMILES string of the molecule is Cc1onc(-c2ccncn2)c1COc1ccc(C(=O)NCCO)cn1. The predicted octanol–water partition coefficient (Wildman–Crippen LogP) is 1.14. The Balaban J connectivity index is 1.68. The van der Waals surface area contributed by atoms with Gasteiger partial charge in [-0.1, -0.05) is 5.16 Å². The van der Waals surface area contributed by atoms with E-state index in [1.807, 2.05) is 0 Å². The molecule has 0 aromatic carbocycles. The van der Waals surface area contributed by atoms with Crippen molar-refractivity contribution >= 4 is 5.91 Å². The molecule has 2 N–H and O–H groups in total. The minimum Gasteiger partial charge on any atom is -0.473 e. The molecule has 0 saturated carbocycles. The van der Waals surface area contributed by atoms with Gasteiger partial charge < -0.3 is 19.7 Å². The Labute approximate surface area is 149 Å². The Morgan fingerprint density at radius 3 is 2.88 bits per heavy atom. The summed E-state index contributed by atoms with van der Waals surface area (Å²) in [6, 6.07) is 4.93. The monoisotopic (exact) mass is 355 g/mol. The number of rotatable bonds is 7. The second-order valence-corrected chi connectivity index (χ2v) is 5.31. The maximum absolute atomic E-state index is 11.8. The van der Waals surface area contributed by atoms with E-state index in [1.54, 1.807) is 31.3 Å². The van der Waals surface area contributed by atoms with Crippen LogP contribution in [0.1, 0.15) is 21.7 Å². The number of amides is 1. The van der Waals surface area contributed by atoms with Crippen LogP contribution in [0.3, 0.4) is 0 Å². The molecule has 3 aromatic rings. The summed E-state index contributed by atoms with van der Waals surface area (Å²) in [5, 5.41) is 15.3. The highest BCUT2D eigenvalue weighted by Crippen LogP contribution is 2.24. The van der Waals surface area contributed by atoms with E-state index in [0.717, 1.165) is 5.56 Å². The van der Waals surface area contributed by atoms with Crippen molar-refractivity contribution in [3.8, 4) is 17.3 Å². The summed E-state index contributed by atoms with van der Waals surface area (Å²) >= 11 is 0. The number of pyridine rings is 1. The molecule has 134 valence electrons. The normalized spacial score (nSPS) is 10.5. The third-order valence-electron chi connectivity index (χ3n) is 3.57. The zero-order valence-corrected chi connectivity index (χ0v) is 14.0. The number of nitrogens with zero attached hydrogens (tertiary/aromatic N) is 4. The maximum atomic E-state index is 11.8. The second kappa shape index (κ2) is 8.17. The van der Waals surface area contributed by atoms with E-state index in [4.69, 9.17) is 14.4 Å². The predicted molar refractivity (Wildman–Crippen MR) is 90.3 cm³/mol. The van der Waals surface area contributed by atoms with Crippen LogP contribution in [0.2, 0.25) is 0 Å². The molecule has 0 radical (unpaired) electrons. The fourth-order valence-corrected chi connectivity index (χ4v) is 2.21. The summed E-state index contributed by atoms with van der Waals surface area (Å²) in [4.78, 5) is 23.9. The molecule has 0 saturated heterocycles. The van der Waals surface area contributed by atoms with Crippen molar-refractivity contribution in [1.29, 1.82) is 0 Å². The Bertz CT molecular complexity index is 865. The van der Waals surface area contributed by atoms with Gasteiger partial charge in [0.2, 0.25) is 5.88 Å². The first kappa shape index (κ1) is 17.5. The van der Waals surface area contributed by atoms with Gasteiger partial charge in [-0.2, -0.15) is 0 Å².